The SMILES string of the molecule is COC1=C(/C=C2\N(CCOc3ccccc3)c3ccc(C(F)(F)F)cc3C2(C)C)C(=O)/C1=C/C1=[N+](CCOc2ccccc2)c2ccc(C(F)(F)F)cc2C1(C)C. The van der Waals surface area contributed by atoms with Crippen molar-refractivity contribution in [1.82, 2.24) is 0 Å². The largest absolute Gasteiger partial charge is 0.495 e. The molecular weight excluding hydrogens is 746 g/mol. The molecule has 0 N–H and O–H groups in total. The third kappa shape index (κ3) is 7.33. The minimum atomic E-state index is -4.56. The number of hydrogen-bond acceptors (Lipinski definition) is 5. The van der Waals surface area contributed by atoms with E-state index >= 15 is 0 Å². The topological polar surface area (TPSA) is 51.0 Å². The molecular formula is C45H41F6N2O4+. The standard InChI is InChI=1S/C45H41F6N2O4/c1-42(2)34-24-28(44(46,47)48)16-18-36(34)52(20-22-56-30-12-8-6-9-13-30)38(42)26-32-40(54)33(41(32)55-5)27-39-43(3,4)35-25-29(45(49,50)51)17-19-37(35)53(39)21-23-57-31-14-10-7-11-15-31/h6-19,24-27H,20-23H2,1-5H3/q+1. The molecule has 4 aromatic carbocycles. The summed E-state index contributed by atoms with van der Waals surface area (Å²) in [6.45, 7) is 8.15. The van der Waals surface area contributed by atoms with Gasteiger partial charge < -0.3 is 19.1 Å². The van der Waals surface area contributed by atoms with Crippen LogP contribution in [0.5, 0.6) is 11.5 Å². The monoisotopic (exact) mass is 787 g/mol. The number of benzene rings is 4. The van der Waals surface area contributed by atoms with Crippen LogP contribution in [0.15, 0.2) is 132 Å². The summed E-state index contributed by atoms with van der Waals surface area (Å²) in [5.41, 5.74) is 0.0972. The van der Waals surface area contributed by atoms with Crippen LogP contribution in [-0.2, 0) is 32.7 Å². The number of allylic oxidation sites excluding steroid dienone is 5. The van der Waals surface area contributed by atoms with Crippen LogP contribution < -0.4 is 14.4 Å². The van der Waals surface area contributed by atoms with Crippen molar-refractivity contribution in [1.29, 1.82) is 0 Å². The van der Waals surface area contributed by atoms with Crippen LogP contribution in [0.2, 0.25) is 0 Å². The number of fused-ring (bicyclic) bond motifs is 2. The number of nitrogens with zero attached hydrogens (tertiary/aromatic N) is 2. The van der Waals surface area contributed by atoms with Crippen LogP contribution in [0, 0.1) is 0 Å². The van der Waals surface area contributed by atoms with Crippen molar-refractivity contribution in [2.45, 2.75) is 50.9 Å². The van der Waals surface area contributed by atoms with Crippen LogP contribution in [0.1, 0.15) is 49.9 Å². The van der Waals surface area contributed by atoms with Gasteiger partial charge in [0.15, 0.2) is 12.3 Å². The molecule has 0 radical (unpaired) electrons. The summed E-state index contributed by atoms with van der Waals surface area (Å²) in [6.07, 6.45) is -5.80. The van der Waals surface area contributed by atoms with Gasteiger partial charge in [0.05, 0.1) is 41.3 Å². The Kier molecular flexibility index (Phi) is 10.1. The predicted molar refractivity (Wildman–Crippen MR) is 205 cm³/mol. The lowest BCUT2D eigenvalue weighted by molar-refractivity contribution is -0.439. The highest BCUT2D eigenvalue weighted by Crippen LogP contribution is 2.51. The lowest BCUT2D eigenvalue weighted by Gasteiger charge is -2.30. The Balaban J connectivity index is 1.28. The molecule has 0 spiro atoms. The van der Waals surface area contributed by atoms with Gasteiger partial charge in [0.1, 0.15) is 30.5 Å². The molecule has 0 bridgehead atoms. The molecule has 2 heterocycles. The number of hydrogen-bond donors (Lipinski definition) is 0. The number of ether oxygens (including phenoxy) is 3. The Morgan fingerprint density at radius 2 is 1.26 bits per heavy atom. The van der Waals surface area contributed by atoms with Gasteiger partial charge in [-0.1, -0.05) is 50.2 Å². The van der Waals surface area contributed by atoms with Crippen molar-refractivity contribution in [2.75, 3.05) is 38.3 Å². The lowest BCUT2D eigenvalue weighted by Crippen LogP contribution is -2.33. The minimum Gasteiger partial charge on any atom is -0.495 e. The van der Waals surface area contributed by atoms with Gasteiger partial charge >= 0.3 is 12.4 Å². The van der Waals surface area contributed by atoms with Gasteiger partial charge in [-0.05, 0) is 80.1 Å². The Bertz CT molecular complexity index is 2340. The highest BCUT2D eigenvalue weighted by atomic mass is 19.4. The van der Waals surface area contributed by atoms with E-state index < -0.39 is 34.3 Å². The summed E-state index contributed by atoms with van der Waals surface area (Å²) in [5, 5.41) is 0. The second kappa shape index (κ2) is 14.6. The lowest BCUT2D eigenvalue weighted by atomic mass is 9.77. The van der Waals surface area contributed by atoms with E-state index in [0.29, 0.717) is 45.4 Å². The number of rotatable bonds is 11. The van der Waals surface area contributed by atoms with Gasteiger partial charge in [-0.3, -0.25) is 4.79 Å². The number of ketones is 1. The maximum absolute atomic E-state index is 14.2. The van der Waals surface area contributed by atoms with Crippen LogP contribution in [-0.4, -0.2) is 49.5 Å². The normalized spacial score (nSPS) is 18.6. The zero-order valence-corrected chi connectivity index (χ0v) is 32.0. The van der Waals surface area contributed by atoms with Gasteiger partial charge in [-0.25, -0.2) is 0 Å². The second-order valence-electron chi connectivity index (χ2n) is 15.1. The van der Waals surface area contributed by atoms with Crippen molar-refractivity contribution < 1.29 is 49.9 Å². The van der Waals surface area contributed by atoms with E-state index in [4.69, 9.17) is 14.2 Å². The first kappa shape index (κ1) is 39.5. The van der Waals surface area contributed by atoms with Crippen molar-refractivity contribution in [3.63, 3.8) is 0 Å². The van der Waals surface area contributed by atoms with Crippen molar-refractivity contribution >= 4 is 22.9 Å². The molecule has 7 rings (SSSR count). The van der Waals surface area contributed by atoms with E-state index in [9.17, 15) is 31.1 Å². The van der Waals surface area contributed by atoms with E-state index in [0.717, 1.165) is 24.3 Å². The minimum absolute atomic E-state index is 0.195. The summed E-state index contributed by atoms with van der Waals surface area (Å²) in [4.78, 5) is 16.1. The zero-order valence-electron chi connectivity index (χ0n) is 32.0. The molecule has 6 nitrogen and oxygen atoms in total. The molecule has 0 aromatic heterocycles. The molecule has 1 aliphatic carbocycles. The molecule has 3 aliphatic rings. The molecule has 0 saturated heterocycles. The highest BCUT2D eigenvalue weighted by Gasteiger charge is 2.49. The number of carbonyl (C=O) groups excluding carboxylic acids is 1. The first-order chi connectivity index (χ1) is 26.9. The molecule has 0 saturated carbocycles. The van der Waals surface area contributed by atoms with Gasteiger partial charge in [0.25, 0.3) is 0 Å². The predicted octanol–water partition coefficient (Wildman–Crippen LogP) is 10.3. The Labute approximate surface area is 327 Å². The summed E-state index contributed by atoms with van der Waals surface area (Å²) in [5.74, 6) is 1.14. The van der Waals surface area contributed by atoms with E-state index in [1.54, 1.807) is 36.4 Å². The second-order valence-corrected chi connectivity index (χ2v) is 15.1. The van der Waals surface area contributed by atoms with Crippen LogP contribution in [0.25, 0.3) is 0 Å². The number of alkyl halides is 6. The Hall–Kier alpha value is -5.78. The smallest absolute Gasteiger partial charge is 0.416 e. The fraction of sp³-hybridized carbons (Fsp3) is 0.289. The fourth-order valence-electron chi connectivity index (χ4n) is 7.84. The Morgan fingerprint density at radius 3 is 1.84 bits per heavy atom. The highest BCUT2D eigenvalue weighted by molar-refractivity contribution is 6.24. The summed E-state index contributed by atoms with van der Waals surface area (Å²) < 4.78 is 103. The molecule has 0 unspecified atom stereocenters. The number of anilines is 1. The van der Waals surface area contributed by atoms with Crippen molar-refractivity contribution in [2.24, 2.45) is 0 Å². The average molecular weight is 788 g/mol. The third-order valence-electron chi connectivity index (χ3n) is 10.8. The maximum Gasteiger partial charge on any atom is 0.416 e. The van der Waals surface area contributed by atoms with Crippen molar-refractivity contribution in [3.05, 3.63) is 154 Å². The molecule has 296 valence electrons. The van der Waals surface area contributed by atoms with Crippen LogP contribution >= 0.6 is 0 Å². The molecule has 2 aliphatic heterocycles. The summed E-state index contributed by atoms with van der Waals surface area (Å²) in [6, 6.07) is 25.6. The van der Waals surface area contributed by atoms with E-state index in [-0.39, 0.29) is 49.0 Å². The quantitative estimate of drug-likeness (QED) is 0.0861. The molecule has 12 heteroatoms. The molecule has 0 fully saturated rings. The summed E-state index contributed by atoms with van der Waals surface area (Å²) >= 11 is 0. The van der Waals surface area contributed by atoms with Gasteiger partial charge in [-0.15, -0.1) is 0 Å². The van der Waals surface area contributed by atoms with Crippen molar-refractivity contribution in [3.8, 4) is 11.5 Å². The first-order valence-corrected chi connectivity index (χ1v) is 18.4. The van der Waals surface area contributed by atoms with Gasteiger partial charge in [-0.2, -0.15) is 30.9 Å². The van der Waals surface area contributed by atoms with E-state index in [2.05, 4.69) is 0 Å². The number of halogens is 6. The molecule has 57 heavy (non-hydrogen) atoms. The summed E-state index contributed by atoms with van der Waals surface area (Å²) in [7, 11) is 1.42. The number of methoxy groups -OCH3 is 1. The first-order valence-electron chi connectivity index (χ1n) is 18.4. The molecule has 0 amide bonds. The third-order valence-corrected chi connectivity index (χ3v) is 10.8. The van der Waals surface area contributed by atoms with Gasteiger partial charge in [0.2, 0.25) is 11.5 Å². The molecule has 0 atom stereocenters. The van der Waals surface area contributed by atoms with E-state index in [1.165, 1.54) is 19.2 Å². The average Bonchev–Trinajstić information content (AvgIpc) is 3.51. The number of para-hydroxylation sites is 2. The van der Waals surface area contributed by atoms with Crippen LogP contribution in [0.3, 0.4) is 0 Å². The number of carbonyl (C=O) groups is 1. The van der Waals surface area contributed by atoms with Crippen LogP contribution in [0.4, 0.5) is 37.7 Å². The Morgan fingerprint density at radius 1 is 0.702 bits per heavy atom. The zero-order chi connectivity index (χ0) is 40.9. The van der Waals surface area contributed by atoms with Gasteiger partial charge in [0, 0.05) is 34.5 Å². The number of Topliss-reactive ketones (excluding diaryl/α,β-unsaturated/α-hetero) is 1. The molecule has 4 aromatic rings. The fourth-order valence-corrected chi connectivity index (χ4v) is 7.84. The van der Waals surface area contributed by atoms with E-state index in [1.807, 2.05) is 73.6 Å². The maximum atomic E-state index is 14.2.